The van der Waals surface area contributed by atoms with Gasteiger partial charge in [0.05, 0.1) is 10.5 Å². The molecular weight excluding hydrogens is 283 g/mol. The number of β-amino-alcohol motifs (C(OH)–C–C–N with tert-alkyl or cyclic N) is 1. The molecule has 114 valence electrons. The van der Waals surface area contributed by atoms with E-state index in [1.54, 1.807) is 13.8 Å². The Morgan fingerprint density at radius 1 is 1.26 bits per heavy atom. The van der Waals surface area contributed by atoms with Gasteiger partial charge in [0.2, 0.25) is 0 Å². The Kier molecular flexibility index (Phi) is 4.30. The summed E-state index contributed by atoms with van der Waals surface area (Å²) in [5.74, 6) is -0.187. The van der Waals surface area contributed by atoms with Crippen molar-refractivity contribution in [3.63, 3.8) is 0 Å². The van der Waals surface area contributed by atoms with Gasteiger partial charge in [-0.3, -0.25) is 4.90 Å². The van der Waals surface area contributed by atoms with Crippen LogP contribution >= 0.6 is 0 Å². The van der Waals surface area contributed by atoms with E-state index in [4.69, 9.17) is 0 Å². The molecule has 0 aliphatic carbocycles. The van der Waals surface area contributed by atoms with Crippen molar-refractivity contribution in [1.29, 1.82) is 0 Å². The molecule has 0 bridgehead atoms. The zero-order valence-corrected chi connectivity index (χ0v) is 12.1. The fourth-order valence-electron chi connectivity index (χ4n) is 1.90. The fourth-order valence-corrected chi connectivity index (χ4v) is 3.36. The highest BCUT2D eigenvalue weighted by Gasteiger charge is 2.51. The van der Waals surface area contributed by atoms with Gasteiger partial charge >= 0.3 is 6.18 Å². The van der Waals surface area contributed by atoms with Crippen LogP contribution in [0.5, 0.6) is 0 Å². The van der Waals surface area contributed by atoms with Gasteiger partial charge < -0.3 is 5.11 Å². The van der Waals surface area contributed by atoms with E-state index >= 15 is 0 Å². The van der Waals surface area contributed by atoms with Gasteiger partial charge in [0, 0.05) is 13.1 Å². The lowest BCUT2D eigenvalue weighted by Gasteiger charge is -2.32. The summed E-state index contributed by atoms with van der Waals surface area (Å²) in [4.78, 5) is 1.36. The molecule has 0 radical (unpaired) electrons. The third-order valence-corrected chi connectivity index (χ3v) is 6.30. The predicted molar refractivity (Wildman–Crippen MR) is 65.6 cm³/mol. The largest absolute Gasteiger partial charge is 0.418 e. The maximum atomic E-state index is 12.6. The minimum atomic E-state index is -4.73. The molecule has 19 heavy (non-hydrogen) atoms. The number of nitrogens with zero attached hydrogens (tertiary/aromatic N) is 1. The maximum absolute atomic E-state index is 12.6. The number of hydrogen-bond donors (Lipinski definition) is 1. The van der Waals surface area contributed by atoms with Crippen LogP contribution in [0.15, 0.2) is 0 Å². The van der Waals surface area contributed by atoms with Crippen LogP contribution in [-0.2, 0) is 9.84 Å². The molecule has 0 unspecified atom stereocenters. The van der Waals surface area contributed by atoms with Crippen molar-refractivity contribution in [1.82, 2.24) is 4.90 Å². The standard InChI is InChI=1S/C11H20F3NO3S/c1-9(2)4-5-15(6-7-19(9,17)18)8-10(3,16)11(12,13)14/h16H,4-8H2,1-3H3/t10-/m1/s1. The minimum Gasteiger partial charge on any atom is -0.380 e. The molecule has 1 atom stereocenters. The van der Waals surface area contributed by atoms with Gasteiger partial charge in [0.25, 0.3) is 0 Å². The summed E-state index contributed by atoms with van der Waals surface area (Å²) in [5, 5.41) is 9.44. The van der Waals surface area contributed by atoms with Crippen LogP contribution in [0.25, 0.3) is 0 Å². The Bertz CT molecular complexity index is 429. The van der Waals surface area contributed by atoms with Crippen molar-refractivity contribution < 1.29 is 26.7 Å². The van der Waals surface area contributed by atoms with Crippen molar-refractivity contribution in [2.24, 2.45) is 0 Å². The first-order valence-corrected chi connectivity index (χ1v) is 7.67. The molecular formula is C11H20F3NO3S. The lowest BCUT2D eigenvalue weighted by Crippen LogP contribution is -2.51. The van der Waals surface area contributed by atoms with Crippen LogP contribution in [0.4, 0.5) is 13.2 Å². The summed E-state index contributed by atoms with van der Waals surface area (Å²) in [6.07, 6.45) is -4.48. The van der Waals surface area contributed by atoms with Gasteiger partial charge in [-0.05, 0) is 33.7 Å². The molecule has 0 saturated carbocycles. The van der Waals surface area contributed by atoms with Crippen LogP contribution in [-0.4, -0.2) is 60.3 Å². The third kappa shape index (κ3) is 3.61. The average Bonchev–Trinajstić information content (AvgIpc) is 2.27. The topological polar surface area (TPSA) is 57.6 Å². The van der Waals surface area contributed by atoms with Crippen LogP contribution in [0.3, 0.4) is 0 Å². The molecule has 1 rings (SSSR count). The highest BCUT2D eigenvalue weighted by molar-refractivity contribution is 7.92. The Labute approximate surface area is 111 Å². The van der Waals surface area contributed by atoms with E-state index < -0.39 is 32.9 Å². The molecule has 1 fully saturated rings. The SMILES string of the molecule is CC1(C)CCN(C[C@@](C)(O)C(F)(F)F)CCS1(=O)=O. The molecule has 0 aromatic heterocycles. The molecule has 0 aromatic rings. The zero-order chi connectivity index (χ0) is 15.1. The predicted octanol–water partition coefficient (Wildman–Crippen LogP) is 1.20. The Balaban J connectivity index is 2.80. The van der Waals surface area contributed by atoms with Crippen LogP contribution in [0.2, 0.25) is 0 Å². The first kappa shape index (κ1) is 16.7. The molecule has 4 nitrogen and oxygen atoms in total. The first-order valence-electron chi connectivity index (χ1n) is 6.02. The second kappa shape index (κ2) is 4.89. The number of rotatable bonds is 2. The molecule has 0 aromatic carbocycles. The summed E-state index contributed by atoms with van der Waals surface area (Å²) < 4.78 is 60.7. The molecule has 8 heteroatoms. The second-order valence-corrected chi connectivity index (χ2v) is 8.62. The molecule has 1 heterocycles. The first-order chi connectivity index (χ1) is 8.29. The van der Waals surface area contributed by atoms with Crippen LogP contribution in [0, 0.1) is 0 Å². The van der Waals surface area contributed by atoms with Crippen molar-refractivity contribution in [2.75, 3.05) is 25.4 Å². The summed E-state index contributed by atoms with van der Waals surface area (Å²) in [5.41, 5.74) is -2.83. The Morgan fingerprint density at radius 2 is 1.79 bits per heavy atom. The molecule has 1 saturated heterocycles. The monoisotopic (exact) mass is 303 g/mol. The van der Waals surface area contributed by atoms with E-state index in [0.29, 0.717) is 6.92 Å². The molecule has 1 N–H and O–H groups in total. The van der Waals surface area contributed by atoms with E-state index in [1.165, 1.54) is 4.90 Å². The van der Waals surface area contributed by atoms with Gasteiger partial charge in [0.15, 0.2) is 15.4 Å². The van der Waals surface area contributed by atoms with Gasteiger partial charge in [-0.2, -0.15) is 13.2 Å². The van der Waals surface area contributed by atoms with Crippen LogP contribution in [0.1, 0.15) is 27.2 Å². The van der Waals surface area contributed by atoms with E-state index in [-0.39, 0.29) is 25.3 Å². The summed E-state index contributed by atoms with van der Waals surface area (Å²) >= 11 is 0. The summed E-state index contributed by atoms with van der Waals surface area (Å²) in [6, 6.07) is 0. The van der Waals surface area contributed by atoms with Gasteiger partial charge in [0.1, 0.15) is 0 Å². The number of sulfone groups is 1. The lowest BCUT2D eigenvalue weighted by molar-refractivity contribution is -0.257. The smallest absolute Gasteiger partial charge is 0.380 e. The molecule has 0 amide bonds. The number of halogens is 3. The number of hydrogen-bond acceptors (Lipinski definition) is 4. The normalized spacial score (nSPS) is 27.5. The van der Waals surface area contributed by atoms with Crippen molar-refractivity contribution in [2.45, 2.75) is 43.7 Å². The molecule has 1 aliphatic rings. The van der Waals surface area contributed by atoms with Crippen molar-refractivity contribution in [3.8, 4) is 0 Å². The van der Waals surface area contributed by atoms with Gasteiger partial charge in [-0.1, -0.05) is 0 Å². The summed E-state index contributed by atoms with van der Waals surface area (Å²) in [7, 11) is -3.33. The maximum Gasteiger partial charge on any atom is 0.418 e. The third-order valence-electron chi connectivity index (χ3n) is 3.69. The lowest BCUT2D eigenvalue weighted by atomic mass is 10.0. The minimum absolute atomic E-state index is 0.0119. The fraction of sp³-hybridized carbons (Fsp3) is 1.00. The van der Waals surface area contributed by atoms with E-state index in [1.807, 2.05) is 0 Å². The average molecular weight is 303 g/mol. The van der Waals surface area contributed by atoms with Crippen molar-refractivity contribution >= 4 is 9.84 Å². The molecule has 0 spiro atoms. The Hall–Kier alpha value is -0.340. The quantitative estimate of drug-likeness (QED) is 0.833. The highest BCUT2D eigenvalue weighted by atomic mass is 32.2. The van der Waals surface area contributed by atoms with E-state index in [2.05, 4.69) is 0 Å². The number of alkyl halides is 3. The highest BCUT2D eigenvalue weighted by Crippen LogP contribution is 2.32. The van der Waals surface area contributed by atoms with Gasteiger partial charge in [-0.15, -0.1) is 0 Å². The zero-order valence-electron chi connectivity index (χ0n) is 11.3. The second-order valence-electron chi connectivity index (χ2n) is 5.88. The van der Waals surface area contributed by atoms with E-state index in [9.17, 15) is 26.7 Å². The van der Waals surface area contributed by atoms with Gasteiger partial charge in [-0.25, -0.2) is 8.42 Å². The van der Waals surface area contributed by atoms with Crippen LogP contribution < -0.4 is 0 Å². The Morgan fingerprint density at radius 3 is 2.26 bits per heavy atom. The molecule has 1 aliphatic heterocycles. The summed E-state index contributed by atoms with van der Waals surface area (Å²) in [6.45, 7) is 3.48. The number of aliphatic hydroxyl groups is 1. The van der Waals surface area contributed by atoms with Crippen molar-refractivity contribution in [3.05, 3.63) is 0 Å². The van der Waals surface area contributed by atoms with E-state index in [0.717, 1.165) is 0 Å².